The highest BCUT2D eigenvalue weighted by atomic mass is 16.3. The first-order valence-electron chi connectivity index (χ1n) is 8.40. The Morgan fingerprint density at radius 1 is 1.00 bits per heavy atom. The van der Waals surface area contributed by atoms with Crippen molar-refractivity contribution >= 4 is 0 Å². The van der Waals surface area contributed by atoms with E-state index in [0.717, 1.165) is 41.7 Å². The summed E-state index contributed by atoms with van der Waals surface area (Å²) in [6.45, 7) is 6.06. The van der Waals surface area contributed by atoms with Crippen molar-refractivity contribution in [2.45, 2.75) is 31.7 Å². The van der Waals surface area contributed by atoms with E-state index in [1.165, 1.54) is 26.2 Å². The Balaban J connectivity index is 1.27. The van der Waals surface area contributed by atoms with Crippen LogP contribution < -0.4 is 0 Å². The summed E-state index contributed by atoms with van der Waals surface area (Å²) in [6.07, 6.45) is 6.32. The predicted octanol–water partition coefficient (Wildman–Crippen LogP) is 1.03. The summed E-state index contributed by atoms with van der Waals surface area (Å²) in [6, 6.07) is 0.956. The van der Waals surface area contributed by atoms with Crippen molar-refractivity contribution in [3.05, 3.63) is 0 Å². The molecule has 0 aromatic carbocycles. The van der Waals surface area contributed by atoms with Crippen molar-refractivity contribution in [2.75, 3.05) is 39.3 Å². The third-order valence-electron chi connectivity index (χ3n) is 7.60. The molecule has 4 saturated carbocycles. The summed E-state index contributed by atoms with van der Waals surface area (Å²) >= 11 is 0. The molecule has 1 spiro atoms. The SMILES string of the molecule is OCCN1CCN(C2C3CC4CC5CC2C53C4)CC1. The Bertz CT molecular complexity index is 392. The predicted molar refractivity (Wildman–Crippen MR) is 73.7 cm³/mol. The Kier molecular flexibility index (Phi) is 2.27. The number of hydrogen-bond donors (Lipinski definition) is 1. The van der Waals surface area contributed by atoms with Gasteiger partial charge < -0.3 is 5.11 Å². The van der Waals surface area contributed by atoms with Crippen molar-refractivity contribution in [1.29, 1.82) is 0 Å². The largest absolute Gasteiger partial charge is 0.395 e. The maximum Gasteiger partial charge on any atom is 0.0558 e. The second-order valence-corrected chi connectivity index (χ2v) is 7.89. The van der Waals surface area contributed by atoms with Crippen molar-refractivity contribution in [2.24, 2.45) is 29.1 Å². The Morgan fingerprint density at radius 2 is 1.79 bits per heavy atom. The topological polar surface area (TPSA) is 26.7 Å². The number of fused-ring (bicyclic) bond motifs is 1. The van der Waals surface area contributed by atoms with Crippen LogP contribution in [-0.4, -0.2) is 60.3 Å². The maximum atomic E-state index is 9.04. The van der Waals surface area contributed by atoms with Crippen molar-refractivity contribution in [1.82, 2.24) is 9.80 Å². The van der Waals surface area contributed by atoms with E-state index in [9.17, 15) is 0 Å². The third-order valence-corrected chi connectivity index (χ3v) is 7.60. The van der Waals surface area contributed by atoms with Crippen LogP contribution in [0.15, 0.2) is 0 Å². The fraction of sp³-hybridized carbons (Fsp3) is 1.00. The van der Waals surface area contributed by atoms with Crippen LogP contribution in [0.5, 0.6) is 0 Å². The van der Waals surface area contributed by atoms with E-state index in [0.29, 0.717) is 6.61 Å². The minimum atomic E-state index is 0.321. The minimum absolute atomic E-state index is 0.321. The van der Waals surface area contributed by atoms with Crippen molar-refractivity contribution in [3.8, 4) is 0 Å². The van der Waals surface area contributed by atoms with Crippen LogP contribution in [-0.2, 0) is 0 Å². The first-order chi connectivity index (χ1) is 9.33. The number of hydrogen-bond acceptors (Lipinski definition) is 3. The molecular formula is C16H26N2O. The lowest BCUT2D eigenvalue weighted by molar-refractivity contribution is -0.239. The molecule has 5 fully saturated rings. The highest BCUT2D eigenvalue weighted by Crippen LogP contribution is 2.81. The van der Waals surface area contributed by atoms with Gasteiger partial charge in [0.05, 0.1) is 6.61 Å². The van der Waals surface area contributed by atoms with E-state index in [1.807, 2.05) is 0 Å². The van der Waals surface area contributed by atoms with Crippen LogP contribution in [0.3, 0.4) is 0 Å². The summed E-state index contributed by atoms with van der Waals surface area (Å²) in [5, 5.41) is 9.04. The molecule has 0 radical (unpaired) electrons. The highest BCUT2D eigenvalue weighted by Gasteiger charge is 2.78. The summed E-state index contributed by atoms with van der Waals surface area (Å²) < 4.78 is 0. The number of nitrogens with zero attached hydrogens (tertiary/aromatic N) is 2. The zero-order valence-electron chi connectivity index (χ0n) is 11.8. The van der Waals surface area contributed by atoms with E-state index < -0.39 is 0 Å². The molecule has 1 N–H and O–H groups in total. The minimum Gasteiger partial charge on any atom is -0.395 e. The van der Waals surface area contributed by atoms with Crippen LogP contribution in [0.1, 0.15) is 25.7 Å². The summed E-state index contributed by atoms with van der Waals surface area (Å²) in [7, 11) is 0. The van der Waals surface area contributed by atoms with E-state index in [-0.39, 0.29) is 0 Å². The number of rotatable bonds is 3. The van der Waals surface area contributed by atoms with Gasteiger partial charge in [0.1, 0.15) is 0 Å². The Labute approximate surface area is 115 Å². The number of aliphatic hydroxyl groups excluding tert-OH is 1. The normalized spacial score (nSPS) is 55.7. The molecular weight excluding hydrogens is 236 g/mol. The molecule has 19 heavy (non-hydrogen) atoms. The van der Waals surface area contributed by atoms with Gasteiger partial charge in [-0.3, -0.25) is 9.80 Å². The van der Waals surface area contributed by atoms with Gasteiger partial charge in [-0.1, -0.05) is 0 Å². The molecule has 1 aliphatic heterocycles. The van der Waals surface area contributed by atoms with E-state index >= 15 is 0 Å². The number of aliphatic hydroxyl groups is 1. The van der Waals surface area contributed by atoms with Gasteiger partial charge in [-0.2, -0.15) is 0 Å². The molecule has 1 heterocycles. The van der Waals surface area contributed by atoms with Crippen molar-refractivity contribution in [3.63, 3.8) is 0 Å². The molecule has 0 amide bonds. The molecule has 0 aromatic rings. The molecule has 2 bridgehead atoms. The molecule has 5 rings (SSSR count). The van der Waals surface area contributed by atoms with Crippen LogP contribution in [0.4, 0.5) is 0 Å². The first kappa shape index (κ1) is 11.5. The lowest BCUT2D eigenvalue weighted by Gasteiger charge is -2.73. The first-order valence-corrected chi connectivity index (χ1v) is 8.40. The highest BCUT2D eigenvalue weighted by molar-refractivity contribution is 5.28. The third kappa shape index (κ3) is 1.26. The number of piperazine rings is 1. The standard InChI is InChI=1S/C16H26N2O/c19-6-5-17-1-3-18(4-2-17)15-13-8-11-7-12-9-14(15)16(12,13)10-11/h11-15,19H,1-10H2. The van der Waals surface area contributed by atoms with Gasteiger partial charge in [-0.15, -0.1) is 0 Å². The molecule has 6 atom stereocenters. The fourth-order valence-corrected chi connectivity index (χ4v) is 7.01. The molecule has 3 heteroatoms. The zero-order chi connectivity index (χ0) is 12.6. The van der Waals surface area contributed by atoms with Crippen LogP contribution in [0.25, 0.3) is 0 Å². The average Bonchev–Trinajstić information content (AvgIpc) is 2.91. The maximum absolute atomic E-state index is 9.04. The van der Waals surface area contributed by atoms with E-state index in [2.05, 4.69) is 9.80 Å². The quantitative estimate of drug-likeness (QED) is 0.823. The monoisotopic (exact) mass is 262 g/mol. The second kappa shape index (κ2) is 3.75. The van der Waals surface area contributed by atoms with Crippen LogP contribution in [0, 0.1) is 29.1 Å². The van der Waals surface area contributed by atoms with Crippen LogP contribution in [0.2, 0.25) is 0 Å². The zero-order valence-corrected chi connectivity index (χ0v) is 11.8. The lowest BCUT2D eigenvalue weighted by Crippen LogP contribution is -2.74. The van der Waals surface area contributed by atoms with Crippen LogP contribution >= 0.6 is 0 Å². The fourth-order valence-electron chi connectivity index (χ4n) is 7.01. The van der Waals surface area contributed by atoms with Gasteiger partial charge in [0, 0.05) is 38.8 Å². The lowest BCUT2D eigenvalue weighted by atomic mass is 9.36. The molecule has 4 aliphatic carbocycles. The second-order valence-electron chi connectivity index (χ2n) is 7.89. The average molecular weight is 262 g/mol. The van der Waals surface area contributed by atoms with Gasteiger partial charge >= 0.3 is 0 Å². The molecule has 0 aromatic heterocycles. The van der Waals surface area contributed by atoms with Gasteiger partial charge in [-0.25, -0.2) is 0 Å². The summed E-state index contributed by atoms with van der Waals surface area (Å²) in [5.74, 6) is 4.42. The number of β-amino-alcohol motifs (C(OH)–C–C–N with tert-alkyl or cyclic N) is 1. The Hall–Kier alpha value is -0.120. The van der Waals surface area contributed by atoms with Gasteiger partial charge in [0.25, 0.3) is 0 Å². The summed E-state index contributed by atoms with van der Waals surface area (Å²) in [5.41, 5.74) is 0.873. The van der Waals surface area contributed by atoms with Crippen molar-refractivity contribution < 1.29 is 5.11 Å². The van der Waals surface area contributed by atoms with Gasteiger partial charge in [0.15, 0.2) is 0 Å². The molecule has 106 valence electrons. The molecule has 3 nitrogen and oxygen atoms in total. The Morgan fingerprint density at radius 3 is 2.53 bits per heavy atom. The van der Waals surface area contributed by atoms with E-state index in [4.69, 9.17) is 5.11 Å². The molecule has 6 unspecified atom stereocenters. The molecule has 5 aliphatic rings. The smallest absolute Gasteiger partial charge is 0.0558 e. The van der Waals surface area contributed by atoms with Gasteiger partial charge in [0.2, 0.25) is 0 Å². The van der Waals surface area contributed by atoms with E-state index in [1.54, 1.807) is 25.7 Å². The molecule has 1 saturated heterocycles. The van der Waals surface area contributed by atoms with Gasteiger partial charge in [-0.05, 0) is 54.8 Å². The summed E-state index contributed by atoms with van der Waals surface area (Å²) in [4.78, 5) is 5.25.